The number of rotatable bonds is 5. The van der Waals surface area contributed by atoms with E-state index < -0.39 is 0 Å². The van der Waals surface area contributed by atoms with E-state index in [1.165, 1.54) is 0 Å². The van der Waals surface area contributed by atoms with Gasteiger partial charge in [-0.25, -0.2) is 0 Å². The van der Waals surface area contributed by atoms with Crippen molar-refractivity contribution in [2.24, 2.45) is 11.5 Å². The Balaban J connectivity index is 2.59. The van der Waals surface area contributed by atoms with Crippen LogP contribution in [-0.2, 0) is 0 Å². The molecular formula is C11H16N4O. The lowest BCUT2D eigenvalue weighted by Crippen LogP contribution is -2.26. The number of nitrogens with two attached hydrogens (primary N) is 2. The molecule has 0 unspecified atom stereocenters. The Hall–Kier alpha value is -1.88. The van der Waals surface area contributed by atoms with Crippen molar-refractivity contribution in [1.29, 1.82) is 5.41 Å². The van der Waals surface area contributed by atoms with Gasteiger partial charge in [-0.05, 0) is 25.1 Å². The highest BCUT2D eigenvalue weighted by molar-refractivity contribution is 5.98. The molecular weight excluding hydrogens is 204 g/mol. The standard InChI is InChI=1S/C11H16N4O/c12-6-1-7-15-11(16)9-4-2-8(3-5-9)10(13)14/h2-5H,1,6-7,12H2,(H3,13,14)(H,15,16). The Labute approximate surface area is 94.3 Å². The number of hydrogen-bond acceptors (Lipinski definition) is 3. The second-order valence-corrected chi connectivity index (χ2v) is 3.39. The molecule has 1 aromatic carbocycles. The van der Waals surface area contributed by atoms with Crippen LogP contribution in [0, 0.1) is 5.41 Å². The van der Waals surface area contributed by atoms with E-state index >= 15 is 0 Å². The summed E-state index contributed by atoms with van der Waals surface area (Å²) in [6.45, 7) is 1.13. The van der Waals surface area contributed by atoms with Crippen molar-refractivity contribution in [3.05, 3.63) is 35.4 Å². The Morgan fingerprint density at radius 1 is 1.25 bits per heavy atom. The lowest BCUT2D eigenvalue weighted by molar-refractivity contribution is 0.0953. The Bertz CT molecular complexity index is 372. The van der Waals surface area contributed by atoms with E-state index in [0.29, 0.717) is 24.2 Å². The first-order valence-electron chi connectivity index (χ1n) is 5.08. The van der Waals surface area contributed by atoms with Crippen LogP contribution in [-0.4, -0.2) is 24.8 Å². The van der Waals surface area contributed by atoms with Crippen LogP contribution in [0.1, 0.15) is 22.3 Å². The van der Waals surface area contributed by atoms with Crippen molar-refractivity contribution < 1.29 is 4.79 Å². The first-order chi connectivity index (χ1) is 7.65. The number of benzene rings is 1. The van der Waals surface area contributed by atoms with Crippen molar-refractivity contribution in [3.8, 4) is 0 Å². The van der Waals surface area contributed by atoms with Gasteiger partial charge in [-0.3, -0.25) is 10.2 Å². The van der Waals surface area contributed by atoms with E-state index in [1.807, 2.05) is 0 Å². The third-order valence-corrected chi connectivity index (χ3v) is 2.12. The van der Waals surface area contributed by atoms with Crippen molar-refractivity contribution in [3.63, 3.8) is 0 Å². The van der Waals surface area contributed by atoms with Gasteiger partial charge in [-0.15, -0.1) is 0 Å². The molecule has 1 rings (SSSR count). The summed E-state index contributed by atoms with van der Waals surface area (Å²) in [5.74, 6) is -0.140. The minimum Gasteiger partial charge on any atom is -0.384 e. The quantitative estimate of drug-likeness (QED) is 0.320. The monoisotopic (exact) mass is 220 g/mol. The van der Waals surface area contributed by atoms with Gasteiger partial charge in [-0.1, -0.05) is 12.1 Å². The van der Waals surface area contributed by atoms with E-state index in [2.05, 4.69) is 5.32 Å². The van der Waals surface area contributed by atoms with Crippen molar-refractivity contribution in [2.45, 2.75) is 6.42 Å². The lowest BCUT2D eigenvalue weighted by atomic mass is 10.1. The maximum absolute atomic E-state index is 11.6. The smallest absolute Gasteiger partial charge is 0.251 e. The van der Waals surface area contributed by atoms with Crippen LogP contribution in [0.15, 0.2) is 24.3 Å². The molecule has 5 nitrogen and oxygen atoms in total. The molecule has 0 fully saturated rings. The van der Waals surface area contributed by atoms with Crippen molar-refractivity contribution in [1.82, 2.24) is 5.32 Å². The molecule has 0 saturated heterocycles. The summed E-state index contributed by atoms with van der Waals surface area (Å²) in [7, 11) is 0. The summed E-state index contributed by atoms with van der Waals surface area (Å²) in [5.41, 5.74) is 11.8. The molecule has 0 spiro atoms. The normalized spacial score (nSPS) is 9.81. The molecule has 0 atom stereocenters. The molecule has 0 aliphatic carbocycles. The highest BCUT2D eigenvalue weighted by Gasteiger charge is 2.04. The van der Waals surface area contributed by atoms with Crippen LogP contribution in [0.5, 0.6) is 0 Å². The highest BCUT2D eigenvalue weighted by atomic mass is 16.1. The summed E-state index contributed by atoms with van der Waals surface area (Å²) in [5, 5.41) is 9.96. The summed E-state index contributed by atoms with van der Waals surface area (Å²) < 4.78 is 0. The van der Waals surface area contributed by atoms with Crippen LogP contribution in [0.2, 0.25) is 0 Å². The highest BCUT2D eigenvalue weighted by Crippen LogP contribution is 2.03. The molecule has 0 saturated carbocycles. The Morgan fingerprint density at radius 2 is 1.81 bits per heavy atom. The zero-order valence-electron chi connectivity index (χ0n) is 8.99. The predicted octanol–water partition coefficient (Wildman–Crippen LogP) is 0.0493. The van der Waals surface area contributed by atoms with Gasteiger partial charge in [0.05, 0.1) is 0 Å². The third kappa shape index (κ3) is 3.36. The molecule has 5 heteroatoms. The summed E-state index contributed by atoms with van der Waals surface area (Å²) >= 11 is 0. The fourth-order valence-electron chi connectivity index (χ4n) is 1.21. The largest absolute Gasteiger partial charge is 0.384 e. The molecule has 0 aliphatic heterocycles. The van der Waals surface area contributed by atoms with Gasteiger partial charge in [0.15, 0.2) is 0 Å². The summed E-state index contributed by atoms with van der Waals surface area (Å²) in [6.07, 6.45) is 0.761. The van der Waals surface area contributed by atoms with E-state index in [1.54, 1.807) is 24.3 Å². The Morgan fingerprint density at radius 3 is 2.31 bits per heavy atom. The van der Waals surface area contributed by atoms with E-state index in [-0.39, 0.29) is 11.7 Å². The predicted molar refractivity (Wildman–Crippen MR) is 63.5 cm³/mol. The molecule has 0 heterocycles. The second kappa shape index (κ2) is 5.87. The van der Waals surface area contributed by atoms with Crippen LogP contribution >= 0.6 is 0 Å². The molecule has 86 valence electrons. The van der Waals surface area contributed by atoms with Crippen molar-refractivity contribution in [2.75, 3.05) is 13.1 Å². The summed E-state index contributed by atoms with van der Waals surface area (Å²) in [4.78, 5) is 11.6. The number of nitrogens with one attached hydrogen (secondary N) is 2. The van der Waals surface area contributed by atoms with Crippen molar-refractivity contribution >= 4 is 11.7 Å². The van der Waals surface area contributed by atoms with Gasteiger partial charge in [0, 0.05) is 17.7 Å². The fraction of sp³-hybridized carbons (Fsp3) is 0.273. The number of amidine groups is 1. The van der Waals surface area contributed by atoms with Crippen LogP contribution < -0.4 is 16.8 Å². The molecule has 1 aromatic rings. The maximum Gasteiger partial charge on any atom is 0.251 e. The minimum absolute atomic E-state index is 0.00455. The molecule has 1 amide bonds. The maximum atomic E-state index is 11.6. The summed E-state index contributed by atoms with van der Waals surface area (Å²) in [6, 6.07) is 6.60. The second-order valence-electron chi connectivity index (χ2n) is 3.39. The lowest BCUT2D eigenvalue weighted by Gasteiger charge is -2.04. The molecule has 16 heavy (non-hydrogen) atoms. The molecule has 0 aliphatic rings. The molecule has 6 N–H and O–H groups in total. The third-order valence-electron chi connectivity index (χ3n) is 2.12. The fourth-order valence-corrected chi connectivity index (χ4v) is 1.21. The first-order valence-corrected chi connectivity index (χ1v) is 5.08. The zero-order valence-corrected chi connectivity index (χ0v) is 8.99. The molecule has 0 radical (unpaired) electrons. The topological polar surface area (TPSA) is 105 Å². The van der Waals surface area contributed by atoms with Gasteiger partial charge >= 0.3 is 0 Å². The average molecular weight is 220 g/mol. The SMILES string of the molecule is N=C(N)c1ccc(C(=O)NCCCN)cc1. The Kier molecular flexibility index (Phi) is 4.47. The van der Waals surface area contributed by atoms with Gasteiger partial charge in [-0.2, -0.15) is 0 Å². The van der Waals surface area contributed by atoms with E-state index in [4.69, 9.17) is 16.9 Å². The first kappa shape index (κ1) is 12.2. The number of nitrogen functional groups attached to an aromatic ring is 1. The number of amides is 1. The number of carbonyl (C=O) groups is 1. The zero-order chi connectivity index (χ0) is 12.0. The average Bonchev–Trinajstić information content (AvgIpc) is 2.29. The van der Waals surface area contributed by atoms with Crippen LogP contribution in [0.4, 0.5) is 0 Å². The minimum atomic E-state index is -0.136. The van der Waals surface area contributed by atoms with Crippen LogP contribution in [0.25, 0.3) is 0 Å². The van der Waals surface area contributed by atoms with E-state index in [9.17, 15) is 4.79 Å². The van der Waals surface area contributed by atoms with Gasteiger partial charge in [0.25, 0.3) is 5.91 Å². The van der Waals surface area contributed by atoms with Gasteiger partial charge in [0.1, 0.15) is 5.84 Å². The van der Waals surface area contributed by atoms with E-state index in [0.717, 1.165) is 6.42 Å². The van der Waals surface area contributed by atoms with Gasteiger partial charge in [0.2, 0.25) is 0 Å². The van der Waals surface area contributed by atoms with Crippen LogP contribution in [0.3, 0.4) is 0 Å². The molecule has 0 bridgehead atoms. The number of hydrogen-bond donors (Lipinski definition) is 4. The molecule has 0 aromatic heterocycles. The number of carbonyl (C=O) groups excluding carboxylic acids is 1. The van der Waals surface area contributed by atoms with Gasteiger partial charge < -0.3 is 16.8 Å².